The van der Waals surface area contributed by atoms with E-state index in [0.29, 0.717) is 5.82 Å². The molecule has 0 unspecified atom stereocenters. The summed E-state index contributed by atoms with van der Waals surface area (Å²) in [5, 5.41) is 17.9. The van der Waals surface area contributed by atoms with Crippen LogP contribution in [0, 0.1) is 0 Å². The Balaban J connectivity index is 1.86. The number of nitrogens with zero attached hydrogens (tertiary/aromatic N) is 4. The van der Waals surface area contributed by atoms with Gasteiger partial charge in [-0.2, -0.15) is 0 Å². The maximum atomic E-state index is 9.14. The highest BCUT2D eigenvalue weighted by atomic mass is 16.3. The molecule has 0 aliphatic rings. The Morgan fingerprint density at radius 1 is 1.16 bits per heavy atom. The zero-order chi connectivity index (χ0) is 13.1. The predicted molar refractivity (Wildman–Crippen MR) is 71.4 cm³/mol. The Morgan fingerprint density at radius 3 is 2.95 bits per heavy atom. The molecule has 0 radical (unpaired) electrons. The van der Waals surface area contributed by atoms with Gasteiger partial charge in [0.1, 0.15) is 12.9 Å². The molecule has 1 N–H and O–H groups in total. The molecule has 3 aromatic rings. The molecule has 0 amide bonds. The second-order valence-electron chi connectivity index (χ2n) is 4.34. The number of aryl methyl sites for hydroxylation is 2. The first kappa shape index (κ1) is 11.8. The minimum Gasteiger partial charge on any atom is -0.388 e. The van der Waals surface area contributed by atoms with Gasteiger partial charge in [-0.25, -0.2) is 0 Å². The van der Waals surface area contributed by atoms with E-state index < -0.39 is 0 Å². The van der Waals surface area contributed by atoms with Crippen LogP contribution in [0.5, 0.6) is 0 Å². The van der Waals surface area contributed by atoms with Gasteiger partial charge in [0.15, 0.2) is 5.82 Å². The van der Waals surface area contributed by atoms with Crippen LogP contribution in [0.3, 0.4) is 0 Å². The van der Waals surface area contributed by atoms with E-state index in [1.807, 2.05) is 22.9 Å². The molecule has 19 heavy (non-hydrogen) atoms. The molecular formula is C14H14N4O. The van der Waals surface area contributed by atoms with E-state index in [2.05, 4.69) is 33.4 Å². The fourth-order valence-electron chi connectivity index (χ4n) is 2.20. The van der Waals surface area contributed by atoms with Crippen molar-refractivity contribution < 1.29 is 5.11 Å². The number of benzene rings is 1. The number of aliphatic hydroxyl groups is 1. The topological polar surface area (TPSA) is 63.8 Å². The number of para-hydroxylation sites is 1. The molecule has 0 bridgehead atoms. The largest absolute Gasteiger partial charge is 0.388 e. The minimum absolute atomic E-state index is 0.0895. The fourth-order valence-corrected chi connectivity index (χ4v) is 2.20. The maximum absolute atomic E-state index is 9.14. The van der Waals surface area contributed by atoms with Gasteiger partial charge in [0.25, 0.3) is 0 Å². The molecule has 5 heteroatoms. The summed E-state index contributed by atoms with van der Waals surface area (Å²) < 4.78 is 1.86. The van der Waals surface area contributed by atoms with Crippen molar-refractivity contribution in [3.05, 3.63) is 54.2 Å². The summed E-state index contributed by atoms with van der Waals surface area (Å²) in [5.41, 5.74) is 2.22. The van der Waals surface area contributed by atoms with E-state index in [9.17, 15) is 0 Å². The lowest BCUT2D eigenvalue weighted by Gasteiger charge is -2.07. The molecule has 3 rings (SSSR count). The first-order valence-electron chi connectivity index (χ1n) is 6.18. The van der Waals surface area contributed by atoms with Gasteiger partial charge in [0.2, 0.25) is 0 Å². The number of hydrogen-bond acceptors (Lipinski definition) is 4. The van der Waals surface area contributed by atoms with Crippen LogP contribution >= 0.6 is 0 Å². The average Bonchev–Trinajstić information content (AvgIpc) is 2.92. The quantitative estimate of drug-likeness (QED) is 0.767. The molecule has 0 saturated carbocycles. The van der Waals surface area contributed by atoms with Crippen LogP contribution in [0.4, 0.5) is 0 Å². The number of pyridine rings is 1. The lowest BCUT2D eigenvalue weighted by Crippen LogP contribution is -2.05. The molecule has 0 atom stereocenters. The van der Waals surface area contributed by atoms with Crippen molar-refractivity contribution in [2.24, 2.45) is 0 Å². The lowest BCUT2D eigenvalue weighted by molar-refractivity contribution is 0.264. The third-order valence-electron chi connectivity index (χ3n) is 3.18. The van der Waals surface area contributed by atoms with Crippen molar-refractivity contribution in [1.82, 2.24) is 19.7 Å². The van der Waals surface area contributed by atoms with E-state index in [-0.39, 0.29) is 6.61 Å². The number of aromatic nitrogens is 4. The zero-order valence-electron chi connectivity index (χ0n) is 10.4. The van der Waals surface area contributed by atoms with E-state index in [1.165, 1.54) is 5.56 Å². The molecular weight excluding hydrogens is 240 g/mol. The average molecular weight is 254 g/mol. The van der Waals surface area contributed by atoms with Gasteiger partial charge < -0.3 is 9.67 Å². The van der Waals surface area contributed by atoms with Crippen LogP contribution in [0.15, 0.2) is 42.9 Å². The van der Waals surface area contributed by atoms with Crippen molar-refractivity contribution in [3.8, 4) is 0 Å². The monoisotopic (exact) mass is 254 g/mol. The Labute approximate surface area is 110 Å². The fraction of sp³-hybridized carbons (Fsp3) is 0.214. The Bertz CT molecular complexity index is 687. The molecule has 0 aliphatic carbocycles. The molecule has 1 aromatic carbocycles. The lowest BCUT2D eigenvalue weighted by atomic mass is 10.1. The van der Waals surface area contributed by atoms with Gasteiger partial charge in [-0.1, -0.05) is 24.3 Å². The number of rotatable bonds is 4. The second-order valence-corrected chi connectivity index (χ2v) is 4.34. The standard InChI is InChI=1S/C14H14N4O/c19-9-13-17-16-10-18(13)8-6-12-4-1-3-11-5-2-7-15-14(11)12/h1-5,7,10,19H,6,8-9H2. The van der Waals surface area contributed by atoms with Gasteiger partial charge in [-0.15, -0.1) is 10.2 Å². The van der Waals surface area contributed by atoms with Crippen LogP contribution in [0.1, 0.15) is 11.4 Å². The predicted octanol–water partition coefficient (Wildman–Crippen LogP) is 1.56. The minimum atomic E-state index is -0.0895. The third-order valence-corrected chi connectivity index (χ3v) is 3.18. The smallest absolute Gasteiger partial charge is 0.158 e. The van der Waals surface area contributed by atoms with E-state index >= 15 is 0 Å². The van der Waals surface area contributed by atoms with E-state index in [4.69, 9.17) is 5.11 Å². The molecule has 0 saturated heterocycles. The molecule has 0 aliphatic heterocycles. The number of fused-ring (bicyclic) bond motifs is 1. The first-order chi connectivity index (χ1) is 9.38. The van der Waals surface area contributed by atoms with Gasteiger partial charge in [-0.05, 0) is 18.1 Å². The SMILES string of the molecule is OCc1nncn1CCc1cccc2cccnc12. The third kappa shape index (κ3) is 2.32. The highest BCUT2D eigenvalue weighted by Crippen LogP contribution is 2.17. The van der Waals surface area contributed by atoms with Gasteiger partial charge in [0.05, 0.1) is 5.52 Å². The van der Waals surface area contributed by atoms with E-state index in [0.717, 1.165) is 23.9 Å². The van der Waals surface area contributed by atoms with Crippen molar-refractivity contribution in [2.45, 2.75) is 19.6 Å². The highest BCUT2D eigenvalue weighted by Gasteiger charge is 2.05. The summed E-state index contributed by atoms with van der Waals surface area (Å²) >= 11 is 0. The molecule has 2 aromatic heterocycles. The Kier molecular flexibility index (Phi) is 3.20. The normalized spacial score (nSPS) is 11.0. The summed E-state index contributed by atoms with van der Waals surface area (Å²) in [6, 6.07) is 10.2. The van der Waals surface area contributed by atoms with Gasteiger partial charge >= 0.3 is 0 Å². The highest BCUT2D eigenvalue weighted by molar-refractivity contribution is 5.81. The summed E-state index contributed by atoms with van der Waals surface area (Å²) in [6.07, 6.45) is 4.28. The maximum Gasteiger partial charge on any atom is 0.158 e. The van der Waals surface area contributed by atoms with Crippen molar-refractivity contribution in [1.29, 1.82) is 0 Å². The first-order valence-corrected chi connectivity index (χ1v) is 6.18. The van der Waals surface area contributed by atoms with Gasteiger partial charge in [0, 0.05) is 18.1 Å². The van der Waals surface area contributed by atoms with Crippen molar-refractivity contribution >= 4 is 10.9 Å². The Morgan fingerprint density at radius 2 is 2.05 bits per heavy atom. The second kappa shape index (κ2) is 5.16. The number of aliphatic hydroxyl groups excluding tert-OH is 1. The van der Waals surface area contributed by atoms with Crippen LogP contribution in [-0.4, -0.2) is 24.9 Å². The van der Waals surface area contributed by atoms with Gasteiger partial charge in [-0.3, -0.25) is 4.98 Å². The summed E-state index contributed by atoms with van der Waals surface area (Å²) in [6.45, 7) is 0.645. The zero-order valence-corrected chi connectivity index (χ0v) is 10.4. The summed E-state index contributed by atoms with van der Waals surface area (Å²) in [4.78, 5) is 4.43. The van der Waals surface area contributed by atoms with Crippen LogP contribution in [0.25, 0.3) is 10.9 Å². The summed E-state index contributed by atoms with van der Waals surface area (Å²) in [5.74, 6) is 0.591. The van der Waals surface area contributed by atoms with E-state index in [1.54, 1.807) is 6.33 Å². The van der Waals surface area contributed by atoms with Crippen molar-refractivity contribution in [2.75, 3.05) is 0 Å². The molecule has 5 nitrogen and oxygen atoms in total. The molecule has 96 valence electrons. The molecule has 2 heterocycles. The van der Waals surface area contributed by atoms with Crippen LogP contribution < -0.4 is 0 Å². The van der Waals surface area contributed by atoms with Crippen LogP contribution in [-0.2, 0) is 19.6 Å². The molecule has 0 fully saturated rings. The summed E-state index contributed by atoms with van der Waals surface area (Å²) in [7, 11) is 0. The number of hydrogen-bond donors (Lipinski definition) is 1. The van der Waals surface area contributed by atoms with Crippen molar-refractivity contribution in [3.63, 3.8) is 0 Å². The van der Waals surface area contributed by atoms with Crippen LogP contribution in [0.2, 0.25) is 0 Å². The Hall–Kier alpha value is -2.27. The molecule has 0 spiro atoms.